The average Bonchev–Trinajstić information content (AvgIpc) is 2.65. The minimum atomic E-state index is -0.259. The Morgan fingerprint density at radius 3 is 2.56 bits per heavy atom. The first-order valence-electron chi connectivity index (χ1n) is 6.09. The summed E-state index contributed by atoms with van der Waals surface area (Å²) in [5, 5.41) is 0. The van der Waals surface area contributed by atoms with Crippen LogP contribution in [0.4, 0.5) is 0 Å². The summed E-state index contributed by atoms with van der Waals surface area (Å²) in [4.78, 5) is 11.7. The van der Waals surface area contributed by atoms with Crippen molar-refractivity contribution in [2.45, 2.75) is 27.2 Å². The van der Waals surface area contributed by atoms with Gasteiger partial charge in [0.25, 0.3) is 0 Å². The summed E-state index contributed by atoms with van der Waals surface area (Å²) < 4.78 is 5.30. The maximum Gasteiger partial charge on any atom is 0.344 e. The van der Waals surface area contributed by atoms with Gasteiger partial charge in [0.1, 0.15) is 5.76 Å². The fourth-order valence-corrected chi connectivity index (χ4v) is 1.76. The van der Waals surface area contributed by atoms with Crippen molar-refractivity contribution < 1.29 is 9.53 Å². The van der Waals surface area contributed by atoms with Gasteiger partial charge in [-0.2, -0.15) is 0 Å². The Labute approximate surface area is 108 Å². The molecule has 2 heteroatoms. The minimum Gasteiger partial charge on any atom is -0.423 e. The molecule has 0 atom stereocenters. The van der Waals surface area contributed by atoms with E-state index in [0.717, 1.165) is 17.6 Å². The number of benzene rings is 1. The van der Waals surface area contributed by atoms with Crippen LogP contribution >= 0.6 is 0 Å². The molecule has 0 fully saturated rings. The van der Waals surface area contributed by atoms with Crippen LogP contribution in [-0.4, -0.2) is 5.97 Å². The largest absolute Gasteiger partial charge is 0.423 e. The van der Waals surface area contributed by atoms with Crippen molar-refractivity contribution in [3.63, 3.8) is 0 Å². The number of ether oxygens (including phenoxy) is 1. The lowest BCUT2D eigenvalue weighted by Crippen LogP contribution is -2.10. The summed E-state index contributed by atoms with van der Waals surface area (Å²) in [6.45, 7) is 10.3. The van der Waals surface area contributed by atoms with Crippen LogP contribution in [0.2, 0.25) is 0 Å². The zero-order chi connectivity index (χ0) is 13.3. The normalized spacial score (nSPS) is 16.6. The van der Waals surface area contributed by atoms with Gasteiger partial charge in [-0.3, -0.25) is 0 Å². The molecule has 18 heavy (non-hydrogen) atoms. The third-order valence-corrected chi connectivity index (χ3v) is 3.57. The third kappa shape index (κ3) is 2.23. The van der Waals surface area contributed by atoms with Crippen molar-refractivity contribution >= 4 is 11.7 Å². The molecule has 0 aromatic heterocycles. The van der Waals surface area contributed by atoms with Gasteiger partial charge in [-0.25, -0.2) is 4.79 Å². The number of hydrogen-bond donors (Lipinski definition) is 0. The number of hydrogen-bond acceptors (Lipinski definition) is 2. The lowest BCUT2D eigenvalue weighted by Gasteiger charge is -2.23. The van der Waals surface area contributed by atoms with Crippen LogP contribution < -0.4 is 0 Å². The predicted molar refractivity (Wildman–Crippen MR) is 73.0 cm³/mol. The first-order chi connectivity index (χ1) is 8.42. The number of allylic oxidation sites excluding steroid dienone is 2. The highest BCUT2D eigenvalue weighted by Gasteiger charge is 2.26. The Hall–Kier alpha value is -1.83. The monoisotopic (exact) mass is 242 g/mol. The van der Waals surface area contributed by atoms with Crippen LogP contribution in [0.3, 0.4) is 0 Å². The molecule has 1 heterocycles. The molecule has 0 spiro atoms. The molecule has 0 amide bonds. The van der Waals surface area contributed by atoms with Gasteiger partial charge in [-0.15, -0.1) is 0 Å². The number of fused-ring (bicyclic) bond motifs is 1. The molecular weight excluding hydrogens is 224 g/mol. The van der Waals surface area contributed by atoms with Gasteiger partial charge in [0.05, 0.1) is 5.56 Å². The molecule has 0 N–H and O–H groups in total. The molecule has 2 nitrogen and oxygen atoms in total. The van der Waals surface area contributed by atoms with E-state index in [-0.39, 0.29) is 11.4 Å². The Morgan fingerprint density at radius 2 is 1.94 bits per heavy atom. The number of carbonyl (C=O) groups excluding carboxylic acids is 1. The molecule has 0 unspecified atom stereocenters. The van der Waals surface area contributed by atoms with Crippen molar-refractivity contribution in [2.75, 3.05) is 0 Å². The number of esters is 1. The second-order valence-corrected chi connectivity index (χ2v) is 5.37. The second kappa shape index (κ2) is 4.45. The first-order valence-corrected chi connectivity index (χ1v) is 6.09. The van der Waals surface area contributed by atoms with Gasteiger partial charge in [-0.05, 0) is 30.9 Å². The topological polar surface area (TPSA) is 26.3 Å². The second-order valence-electron chi connectivity index (χ2n) is 5.37. The highest BCUT2D eigenvalue weighted by atomic mass is 16.5. The van der Waals surface area contributed by atoms with Crippen LogP contribution in [-0.2, 0) is 4.74 Å². The highest BCUT2D eigenvalue weighted by Crippen LogP contribution is 2.34. The molecule has 0 bridgehead atoms. The molecule has 1 aromatic rings. The molecular formula is C16H18O2. The Morgan fingerprint density at radius 1 is 1.33 bits per heavy atom. The number of carbonyl (C=O) groups is 1. The third-order valence-electron chi connectivity index (χ3n) is 3.57. The minimum absolute atomic E-state index is 0.0109. The maximum absolute atomic E-state index is 11.7. The fraction of sp³-hybridized carbons (Fsp3) is 0.312. The van der Waals surface area contributed by atoms with Crippen LogP contribution in [0, 0.1) is 5.41 Å². The van der Waals surface area contributed by atoms with E-state index in [2.05, 4.69) is 20.4 Å². The lowest BCUT2D eigenvalue weighted by atomic mass is 9.82. The molecule has 94 valence electrons. The van der Waals surface area contributed by atoms with E-state index < -0.39 is 0 Å². The van der Waals surface area contributed by atoms with Crippen molar-refractivity contribution in [1.29, 1.82) is 0 Å². The number of rotatable bonds is 3. The molecule has 0 aliphatic carbocycles. The summed E-state index contributed by atoms with van der Waals surface area (Å²) in [5.41, 5.74) is 2.67. The van der Waals surface area contributed by atoms with Gasteiger partial charge in [0, 0.05) is 5.56 Å². The summed E-state index contributed by atoms with van der Waals surface area (Å²) >= 11 is 0. The highest BCUT2D eigenvalue weighted by molar-refractivity contribution is 6.02. The molecule has 0 saturated heterocycles. The summed E-state index contributed by atoms with van der Waals surface area (Å²) in [6, 6.07) is 7.47. The average molecular weight is 242 g/mol. The SMILES string of the molecule is C=C(C)C(C)(C)CC=C1OC(=O)c2ccccc21. The Bertz CT molecular complexity index is 536. The van der Waals surface area contributed by atoms with E-state index in [1.807, 2.05) is 31.2 Å². The van der Waals surface area contributed by atoms with Crippen molar-refractivity contribution in [3.05, 3.63) is 53.6 Å². The van der Waals surface area contributed by atoms with Crippen LogP contribution in [0.25, 0.3) is 5.76 Å². The van der Waals surface area contributed by atoms with Crippen LogP contribution in [0.1, 0.15) is 43.1 Å². The smallest absolute Gasteiger partial charge is 0.344 e. The predicted octanol–water partition coefficient (Wildman–Crippen LogP) is 4.19. The Kier molecular flexibility index (Phi) is 3.12. The molecule has 1 aliphatic heterocycles. The lowest BCUT2D eigenvalue weighted by molar-refractivity contribution is 0.0715. The molecule has 0 saturated carbocycles. The van der Waals surface area contributed by atoms with Crippen LogP contribution in [0.15, 0.2) is 42.5 Å². The Balaban J connectivity index is 2.27. The molecule has 0 radical (unpaired) electrons. The van der Waals surface area contributed by atoms with Crippen LogP contribution in [0.5, 0.6) is 0 Å². The van der Waals surface area contributed by atoms with E-state index in [0.29, 0.717) is 11.3 Å². The summed E-state index contributed by atoms with van der Waals surface area (Å²) in [5.74, 6) is 0.412. The van der Waals surface area contributed by atoms with Crippen molar-refractivity contribution in [1.82, 2.24) is 0 Å². The maximum atomic E-state index is 11.7. The molecule has 2 rings (SSSR count). The van der Waals surface area contributed by atoms with E-state index in [9.17, 15) is 4.79 Å². The number of cyclic esters (lactones) is 1. The van der Waals surface area contributed by atoms with Gasteiger partial charge in [0.15, 0.2) is 0 Å². The van der Waals surface area contributed by atoms with Gasteiger partial charge >= 0.3 is 5.97 Å². The zero-order valence-corrected chi connectivity index (χ0v) is 11.1. The van der Waals surface area contributed by atoms with E-state index >= 15 is 0 Å². The van der Waals surface area contributed by atoms with E-state index in [1.165, 1.54) is 0 Å². The first kappa shape index (κ1) is 12.6. The molecule has 1 aliphatic rings. The summed E-state index contributed by atoms with van der Waals surface area (Å²) in [6.07, 6.45) is 2.79. The van der Waals surface area contributed by atoms with Crippen molar-refractivity contribution in [3.8, 4) is 0 Å². The van der Waals surface area contributed by atoms with Gasteiger partial charge in [-0.1, -0.05) is 44.2 Å². The van der Waals surface area contributed by atoms with E-state index in [1.54, 1.807) is 6.07 Å². The van der Waals surface area contributed by atoms with Gasteiger partial charge in [0.2, 0.25) is 0 Å². The fourth-order valence-electron chi connectivity index (χ4n) is 1.76. The standard InChI is InChI=1S/C16H18O2/c1-11(2)16(3,4)10-9-14-12-7-5-6-8-13(12)15(17)18-14/h5-9H,1,10H2,2-4H3. The summed E-state index contributed by atoms with van der Waals surface area (Å²) in [7, 11) is 0. The molecule has 1 aromatic carbocycles. The quantitative estimate of drug-likeness (QED) is 0.587. The van der Waals surface area contributed by atoms with Gasteiger partial charge < -0.3 is 4.74 Å². The zero-order valence-electron chi connectivity index (χ0n) is 11.1. The van der Waals surface area contributed by atoms with E-state index in [4.69, 9.17) is 4.74 Å². The van der Waals surface area contributed by atoms with Crippen molar-refractivity contribution in [2.24, 2.45) is 5.41 Å².